The summed E-state index contributed by atoms with van der Waals surface area (Å²) in [7, 11) is 0. The number of carbonyl (C=O) groups is 2. The molecule has 164 valence electrons. The molecule has 0 aliphatic heterocycles. The van der Waals surface area contributed by atoms with Gasteiger partial charge in [0.2, 0.25) is 0 Å². The molecule has 0 spiro atoms. The van der Waals surface area contributed by atoms with Crippen LogP contribution < -0.4 is 10.6 Å². The Bertz CT molecular complexity index is 834. The highest BCUT2D eigenvalue weighted by Crippen LogP contribution is 2.29. The molecule has 1 aliphatic carbocycles. The van der Waals surface area contributed by atoms with E-state index in [-0.39, 0.29) is 10.6 Å². The molecular weight excluding hydrogens is 421 g/mol. The van der Waals surface area contributed by atoms with Crippen molar-refractivity contribution >= 4 is 29.5 Å². The summed E-state index contributed by atoms with van der Waals surface area (Å²) in [5.41, 5.74) is -1.38. The highest BCUT2D eigenvalue weighted by atomic mass is 35.5. The Balaban J connectivity index is 2.20. The Morgan fingerprint density at radius 1 is 1.27 bits per heavy atom. The Morgan fingerprint density at radius 2 is 1.93 bits per heavy atom. The average Bonchev–Trinajstić information content (AvgIpc) is 2.71. The van der Waals surface area contributed by atoms with Crippen LogP contribution >= 0.6 is 11.6 Å². The second kappa shape index (κ2) is 10.6. The van der Waals surface area contributed by atoms with Crippen LogP contribution in [-0.2, 0) is 11.2 Å². The minimum Gasteiger partial charge on any atom is -0.378 e. The maximum Gasteiger partial charge on any atom is 0.431 e. The standard InChI is InChI=1S/C20H24ClF3N4O2/c1-2-12-9-26-10-15(21)17(12)16(29)11-27-19(30)14(8-25)18(20(22,23)24)28-13-6-4-3-5-7-13/h8-10,13,25,28H,2-7,11H2,1H3,(H,27,30)/b18-14+,25-8?. The van der Waals surface area contributed by atoms with Crippen LogP contribution in [0.3, 0.4) is 0 Å². The van der Waals surface area contributed by atoms with Crippen LogP contribution in [-0.4, -0.2) is 41.7 Å². The van der Waals surface area contributed by atoms with E-state index in [1.165, 1.54) is 12.4 Å². The van der Waals surface area contributed by atoms with Crippen LogP contribution in [0.25, 0.3) is 0 Å². The maximum absolute atomic E-state index is 13.6. The van der Waals surface area contributed by atoms with Gasteiger partial charge in [0.1, 0.15) is 5.70 Å². The number of Topliss-reactive ketones (excluding diaryl/α,β-unsaturated/α-hetero) is 1. The van der Waals surface area contributed by atoms with Gasteiger partial charge in [0.15, 0.2) is 5.78 Å². The molecule has 2 rings (SSSR count). The molecule has 1 amide bonds. The zero-order valence-electron chi connectivity index (χ0n) is 16.5. The first-order chi connectivity index (χ1) is 14.2. The monoisotopic (exact) mass is 444 g/mol. The molecule has 1 saturated carbocycles. The van der Waals surface area contributed by atoms with Crippen molar-refractivity contribution in [2.45, 2.75) is 57.7 Å². The second-order valence-corrected chi connectivity index (χ2v) is 7.43. The molecule has 0 bridgehead atoms. The van der Waals surface area contributed by atoms with Gasteiger partial charge in [0.05, 0.1) is 17.1 Å². The van der Waals surface area contributed by atoms with Gasteiger partial charge in [-0.15, -0.1) is 0 Å². The maximum atomic E-state index is 13.6. The third kappa shape index (κ3) is 6.04. The van der Waals surface area contributed by atoms with E-state index < -0.39 is 41.7 Å². The van der Waals surface area contributed by atoms with E-state index in [2.05, 4.69) is 15.6 Å². The molecule has 1 aromatic heterocycles. The van der Waals surface area contributed by atoms with Crippen LogP contribution in [0, 0.1) is 5.41 Å². The Hall–Kier alpha value is -2.42. The van der Waals surface area contributed by atoms with Gasteiger partial charge in [-0.2, -0.15) is 13.2 Å². The number of nitrogens with one attached hydrogen (secondary N) is 3. The summed E-state index contributed by atoms with van der Waals surface area (Å²) in [5, 5.41) is 12.1. The van der Waals surface area contributed by atoms with E-state index in [9.17, 15) is 22.8 Å². The summed E-state index contributed by atoms with van der Waals surface area (Å²) >= 11 is 6.03. The number of hydrogen-bond acceptors (Lipinski definition) is 5. The zero-order chi connectivity index (χ0) is 22.3. The third-order valence-electron chi connectivity index (χ3n) is 4.94. The molecule has 0 radical (unpaired) electrons. The fourth-order valence-electron chi connectivity index (χ4n) is 3.41. The molecule has 3 N–H and O–H groups in total. The van der Waals surface area contributed by atoms with E-state index >= 15 is 0 Å². The van der Waals surface area contributed by atoms with Crippen LogP contribution in [0.15, 0.2) is 23.7 Å². The highest BCUT2D eigenvalue weighted by molar-refractivity contribution is 6.34. The number of ketones is 1. The van der Waals surface area contributed by atoms with Crippen LogP contribution in [0.2, 0.25) is 5.02 Å². The molecule has 30 heavy (non-hydrogen) atoms. The van der Waals surface area contributed by atoms with Crippen molar-refractivity contribution in [3.8, 4) is 0 Å². The number of hydrogen-bond donors (Lipinski definition) is 3. The number of aromatic nitrogens is 1. The molecule has 1 aromatic rings. The van der Waals surface area contributed by atoms with Gasteiger partial charge in [0.25, 0.3) is 5.91 Å². The van der Waals surface area contributed by atoms with Gasteiger partial charge in [-0.3, -0.25) is 14.6 Å². The van der Waals surface area contributed by atoms with Crippen LogP contribution in [0.1, 0.15) is 54.9 Å². The number of aryl methyl sites for hydroxylation is 1. The number of carbonyl (C=O) groups excluding carboxylic acids is 2. The first-order valence-electron chi connectivity index (χ1n) is 9.71. The summed E-state index contributed by atoms with van der Waals surface area (Å²) in [6.07, 6.45) is 2.43. The van der Waals surface area contributed by atoms with Gasteiger partial charge < -0.3 is 16.0 Å². The summed E-state index contributed by atoms with van der Waals surface area (Å²) in [6, 6.07) is -0.414. The van der Waals surface area contributed by atoms with E-state index in [4.69, 9.17) is 17.0 Å². The van der Waals surface area contributed by atoms with Crippen molar-refractivity contribution < 1.29 is 22.8 Å². The van der Waals surface area contributed by atoms with Gasteiger partial charge in [-0.25, -0.2) is 0 Å². The number of pyridine rings is 1. The molecule has 1 fully saturated rings. The topological polar surface area (TPSA) is 94.9 Å². The Kier molecular flexibility index (Phi) is 8.40. The van der Waals surface area contributed by atoms with Gasteiger partial charge in [-0.05, 0) is 24.8 Å². The number of amides is 1. The second-order valence-electron chi connectivity index (χ2n) is 7.02. The Labute approximate surface area is 177 Å². The lowest BCUT2D eigenvalue weighted by Gasteiger charge is -2.27. The summed E-state index contributed by atoms with van der Waals surface area (Å²) in [4.78, 5) is 28.8. The molecule has 1 heterocycles. The predicted molar refractivity (Wildman–Crippen MR) is 108 cm³/mol. The SMILES string of the molecule is CCc1cncc(Cl)c1C(=O)CNC(=O)/C(C=N)=C(/NC1CCCCC1)C(F)(F)F. The lowest BCUT2D eigenvalue weighted by Crippen LogP contribution is -2.41. The number of allylic oxidation sites excluding steroid dienone is 1. The molecule has 0 unspecified atom stereocenters. The van der Waals surface area contributed by atoms with Crippen molar-refractivity contribution in [1.82, 2.24) is 15.6 Å². The lowest BCUT2D eigenvalue weighted by molar-refractivity contribution is -0.119. The minimum atomic E-state index is -4.84. The van der Waals surface area contributed by atoms with Gasteiger partial charge in [0, 0.05) is 30.2 Å². The fourth-order valence-corrected chi connectivity index (χ4v) is 3.70. The average molecular weight is 445 g/mol. The van der Waals surface area contributed by atoms with Crippen molar-refractivity contribution in [2.75, 3.05) is 6.54 Å². The molecule has 1 aliphatic rings. The number of rotatable bonds is 8. The molecule has 0 saturated heterocycles. The Morgan fingerprint density at radius 3 is 2.50 bits per heavy atom. The van der Waals surface area contributed by atoms with Crippen LogP contribution in [0.5, 0.6) is 0 Å². The predicted octanol–water partition coefficient (Wildman–Crippen LogP) is 3.98. The quantitative estimate of drug-likeness (QED) is 0.321. The lowest BCUT2D eigenvalue weighted by atomic mass is 9.95. The molecule has 6 nitrogen and oxygen atoms in total. The van der Waals surface area contributed by atoms with Gasteiger partial charge in [-0.1, -0.05) is 37.8 Å². The first-order valence-corrected chi connectivity index (χ1v) is 10.1. The summed E-state index contributed by atoms with van der Waals surface area (Å²) < 4.78 is 40.8. The fraction of sp³-hybridized carbons (Fsp3) is 0.500. The van der Waals surface area contributed by atoms with Crippen molar-refractivity contribution in [2.24, 2.45) is 0 Å². The van der Waals surface area contributed by atoms with Crippen molar-refractivity contribution in [3.63, 3.8) is 0 Å². The number of nitrogens with zero attached hydrogens (tertiary/aromatic N) is 1. The van der Waals surface area contributed by atoms with E-state index in [1.54, 1.807) is 6.92 Å². The molecule has 10 heteroatoms. The zero-order valence-corrected chi connectivity index (χ0v) is 17.3. The summed E-state index contributed by atoms with van der Waals surface area (Å²) in [5.74, 6) is -1.71. The summed E-state index contributed by atoms with van der Waals surface area (Å²) in [6.45, 7) is 1.24. The first kappa shape index (κ1) is 23.9. The molecule has 0 atom stereocenters. The largest absolute Gasteiger partial charge is 0.431 e. The van der Waals surface area contributed by atoms with E-state index in [0.717, 1.165) is 19.3 Å². The minimum absolute atomic E-state index is 0.103. The number of halogens is 4. The molecular formula is C20H24ClF3N4O2. The molecule has 0 aromatic carbocycles. The van der Waals surface area contributed by atoms with Crippen LogP contribution in [0.4, 0.5) is 13.2 Å². The van der Waals surface area contributed by atoms with Gasteiger partial charge >= 0.3 is 6.18 Å². The smallest absolute Gasteiger partial charge is 0.378 e. The highest BCUT2D eigenvalue weighted by Gasteiger charge is 2.39. The number of alkyl halides is 3. The van der Waals surface area contributed by atoms with Crippen molar-refractivity contribution in [1.29, 1.82) is 5.41 Å². The van der Waals surface area contributed by atoms with Crippen molar-refractivity contribution in [3.05, 3.63) is 39.8 Å². The normalized spacial score (nSPS) is 15.9. The van der Waals surface area contributed by atoms with E-state index in [1.807, 2.05) is 0 Å². The third-order valence-corrected chi connectivity index (χ3v) is 5.23. The van der Waals surface area contributed by atoms with E-state index in [0.29, 0.717) is 31.0 Å².